The summed E-state index contributed by atoms with van der Waals surface area (Å²) >= 11 is 1.46. The molecule has 1 aromatic carbocycles. The van der Waals surface area contributed by atoms with Gasteiger partial charge in [-0.05, 0) is 41.8 Å². The number of hydrogen-bond acceptors (Lipinski definition) is 7. The summed E-state index contributed by atoms with van der Waals surface area (Å²) in [5.74, 6) is -0.223. The van der Waals surface area contributed by atoms with Gasteiger partial charge in [-0.25, -0.2) is 18.1 Å². The highest BCUT2D eigenvalue weighted by atomic mass is 32.2. The number of ether oxygens (including phenoxy) is 2. The summed E-state index contributed by atoms with van der Waals surface area (Å²) in [6.45, 7) is 0.844. The van der Waals surface area contributed by atoms with Crippen LogP contribution in [0, 0.1) is 0 Å². The van der Waals surface area contributed by atoms with Crippen LogP contribution >= 0.6 is 11.3 Å². The maximum absolute atomic E-state index is 12.7. The number of hydrogen-bond donors (Lipinski definition) is 2. The highest BCUT2D eigenvalue weighted by Gasteiger charge is 2.17. The van der Waals surface area contributed by atoms with Crippen molar-refractivity contribution in [3.8, 4) is 5.88 Å². The van der Waals surface area contributed by atoms with Crippen LogP contribution in [-0.2, 0) is 21.3 Å². The molecule has 10 heteroatoms. The van der Waals surface area contributed by atoms with E-state index in [4.69, 9.17) is 9.47 Å². The Labute approximate surface area is 178 Å². The Morgan fingerprint density at radius 2 is 2.00 bits per heavy atom. The molecule has 0 saturated carbocycles. The van der Waals surface area contributed by atoms with Crippen molar-refractivity contribution in [2.24, 2.45) is 0 Å². The minimum absolute atomic E-state index is 0.00876. The van der Waals surface area contributed by atoms with Gasteiger partial charge in [-0.3, -0.25) is 4.79 Å². The first-order chi connectivity index (χ1) is 14.5. The smallest absolute Gasteiger partial charge is 0.255 e. The number of aromatic nitrogens is 1. The highest BCUT2D eigenvalue weighted by Crippen LogP contribution is 2.22. The van der Waals surface area contributed by atoms with Crippen LogP contribution in [0.15, 0.2) is 65.0 Å². The number of anilines is 1. The fourth-order valence-corrected chi connectivity index (χ4v) is 4.27. The normalized spacial score (nSPS) is 11.2. The van der Waals surface area contributed by atoms with Crippen LogP contribution in [0.3, 0.4) is 0 Å². The van der Waals surface area contributed by atoms with Crippen molar-refractivity contribution < 1.29 is 22.7 Å². The minimum Gasteiger partial charge on any atom is -0.474 e. The molecule has 158 valence electrons. The van der Waals surface area contributed by atoms with Gasteiger partial charge in [0, 0.05) is 30.3 Å². The first kappa shape index (κ1) is 21.9. The van der Waals surface area contributed by atoms with Gasteiger partial charge >= 0.3 is 0 Å². The van der Waals surface area contributed by atoms with E-state index in [1.165, 1.54) is 35.6 Å². The molecule has 3 rings (SSSR count). The molecular formula is C20H21N3O5S2. The first-order valence-electron chi connectivity index (χ1n) is 9.00. The number of rotatable bonds is 10. The highest BCUT2D eigenvalue weighted by molar-refractivity contribution is 7.89. The first-order valence-corrected chi connectivity index (χ1v) is 11.4. The molecule has 0 bridgehead atoms. The van der Waals surface area contributed by atoms with Gasteiger partial charge in [0.25, 0.3) is 5.91 Å². The molecule has 0 saturated heterocycles. The van der Waals surface area contributed by atoms with Crippen LogP contribution in [0.2, 0.25) is 0 Å². The predicted octanol–water partition coefficient (Wildman–Crippen LogP) is 2.90. The largest absolute Gasteiger partial charge is 0.474 e. The zero-order chi connectivity index (χ0) is 21.4. The fourth-order valence-electron chi connectivity index (χ4n) is 2.48. The third kappa shape index (κ3) is 5.86. The van der Waals surface area contributed by atoms with E-state index < -0.39 is 15.9 Å². The molecule has 0 aliphatic heterocycles. The quantitative estimate of drug-likeness (QED) is 0.463. The van der Waals surface area contributed by atoms with E-state index in [0.29, 0.717) is 12.3 Å². The number of sulfonamides is 1. The summed E-state index contributed by atoms with van der Waals surface area (Å²) in [6, 6.07) is 12.8. The Hall–Kier alpha value is -2.79. The van der Waals surface area contributed by atoms with Gasteiger partial charge in [-0.1, -0.05) is 12.1 Å². The molecule has 0 radical (unpaired) electrons. The average Bonchev–Trinajstić information content (AvgIpc) is 3.28. The van der Waals surface area contributed by atoms with Gasteiger partial charge < -0.3 is 14.8 Å². The van der Waals surface area contributed by atoms with E-state index in [2.05, 4.69) is 15.0 Å². The lowest BCUT2D eigenvalue weighted by atomic mass is 10.2. The molecule has 0 fully saturated rings. The van der Waals surface area contributed by atoms with Crippen molar-refractivity contribution in [1.29, 1.82) is 0 Å². The molecule has 0 aliphatic rings. The SMILES string of the molecule is COCCOc1ncccc1NC(=O)c1cccc(S(=O)(=O)NCc2cccs2)c1. The van der Waals surface area contributed by atoms with Crippen molar-refractivity contribution in [1.82, 2.24) is 9.71 Å². The number of nitrogens with one attached hydrogen (secondary N) is 2. The van der Waals surface area contributed by atoms with E-state index in [1.807, 2.05) is 17.5 Å². The van der Waals surface area contributed by atoms with Gasteiger partial charge in [0.15, 0.2) is 0 Å². The van der Waals surface area contributed by atoms with Gasteiger partial charge in [-0.15, -0.1) is 11.3 Å². The fraction of sp³-hybridized carbons (Fsp3) is 0.200. The Balaban J connectivity index is 1.72. The van der Waals surface area contributed by atoms with E-state index in [1.54, 1.807) is 25.4 Å². The molecule has 2 heterocycles. The summed E-state index contributed by atoms with van der Waals surface area (Å²) in [7, 11) is -2.21. The molecule has 0 spiro atoms. The van der Waals surface area contributed by atoms with Gasteiger partial charge in [0.1, 0.15) is 12.3 Å². The zero-order valence-electron chi connectivity index (χ0n) is 16.2. The molecule has 2 aromatic heterocycles. The molecule has 8 nitrogen and oxygen atoms in total. The molecule has 30 heavy (non-hydrogen) atoms. The van der Waals surface area contributed by atoms with Crippen molar-refractivity contribution >= 4 is 33.0 Å². The number of carbonyl (C=O) groups is 1. The maximum Gasteiger partial charge on any atom is 0.255 e. The molecule has 1 amide bonds. The minimum atomic E-state index is -3.76. The van der Waals surface area contributed by atoms with Crippen LogP contribution in [0.25, 0.3) is 0 Å². The predicted molar refractivity (Wildman–Crippen MR) is 114 cm³/mol. The third-order valence-electron chi connectivity index (χ3n) is 3.97. The van der Waals surface area contributed by atoms with Crippen LogP contribution in [0.4, 0.5) is 5.69 Å². The number of carbonyl (C=O) groups excluding carboxylic acids is 1. The second-order valence-corrected chi connectivity index (χ2v) is 8.88. The van der Waals surface area contributed by atoms with E-state index in [9.17, 15) is 13.2 Å². The molecular weight excluding hydrogens is 426 g/mol. The number of thiophene rings is 1. The standard InChI is InChI=1S/C20H21N3O5S2/c1-27-10-11-28-20-18(8-3-9-21-20)23-19(24)15-5-2-7-17(13-15)30(25,26)22-14-16-6-4-12-29-16/h2-9,12-13,22H,10-11,14H2,1H3,(H,23,24). The van der Waals surface area contributed by atoms with Gasteiger partial charge in [-0.2, -0.15) is 0 Å². The Bertz CT molecular complexity index is 1090. The molecule has 2 N–H and O–H groups in total. The van der Waals surface area contributed by atoms with Crippen molar-refractivity contribution in [2.45, 2.75) is 11.4 Å². The summed E-state index contributed by atoms with van der Waals surface area (Å²) in [5.41, 5.74) is 0.573. The topological polar surface area (TPSA) is 107 Å². The second-order valence-electron chi connectivity index (χ2n) is 6.08. The van der Waals surface area contributed by atoms with E-state index in [0.717, 1.165) is 4.88 Å². The van der Waals surface area contributed by atoms with Gasteiger partial charge in [0.05, 0.1) is 11.5 Å². The van der Waals surface area contributed by atoms with Crippen LogP contribution in [-0.4, -0.2) is 39.6 Å². The number of methoxy groups -OCH3 is 1. The van der Waals surface area contributed by atoms with Gasteiger partial charge in [0.2, 0.25) is 15.9 Å². The number of pyridine rings is 1. The average molecular weight is 448 g/mol. The Morgan fingerprint density at radius 1 is 1.13 bits per heavy atom. The Kier molecular flexibility index (Phi) is 7.52. The zero-order valence-corrected chi connectivity index (χ0v) is 17.8. The molecule has 0 aliphatic carbocycles. The third-order valence-corrected chi connectivity index (χ3v) is 6.24. The summed E-state index contributed by atoms with van der Waals surface area (Å²) in [6.07, 6.45) is 1.55. The number of nitrogens with zero attached hydrogens (tertiary/aromatic N) is 1. The summed E-state index contributed by atoms with van der Waals surface area (Å²) < 4.78 is 38.1. The van der Waals surface area contributed by atoms with Crippen LogP contribution in [0.5, 0.6) is 5.88 Å². The number of benzene rings is 1. The summed E-state index contributed by atoms with van der Waals surface area (Å²) in [5, 5.41) is 4.58. The lowest BCUT2D eigenvalue weighted by Crippen LogP contribution is -2.23. The maximum atomic E-state index is 12.7. The monoisotopic (exact) mass is 447 g/mol. The van der Waals surface area contributed by atoms with E-state index >= 15 is 0 Å². The summed E-state index contributed by atoms with van der Waals surface area (Å²) in [4.78, 5) is 17.7. The number of amides is 1. The second kappa shape index (κ2) is 10.3. The van der Waals surface area contributed by atoms with Crippen LogP contribution < -0.4 is 14.8 Å². The van der Waals surface area contributed by atoms with Crippen molar-refractivity contribution in [3.63, 3.8) is 0 Å². The van der Waals surface area contributed by atoms with Crippen LogP contribution in [0.1, 0.15) is 15.2 Å². The lowest BCUT2D eigenvalue weighted by Gasteiger charge is -2.12. The lowest BCUT2D eigenvalue weighted by molar-refractivity contribution is 0.102. The van der Waals surface area contributed by atoms with Crippen molar-refractivity contribution in [2.75, 3.05) is 25.6 Å². The molecule has 3 aromatic rings. The van der Waals surface area contributed by atoms with Crippen molar-refractivity contribution in [3.05, 3.63) is 70.5 Å². The molecule has 0 unspecified atom stereocenters. The Morgan fingerprint density at radius 3 is 2.77 bits per heavy atom. The van der Waals surface area contributed by atoms with E-state index in [-0.39, 0.29) is 29.5 Å². The molecule has 0 atom stereocenters.